The van der Waals surface area contributed by atoms with Gasteiger partial charge in [-0.05, 0) is 42.7 Å². The number of fused-ring (bicyclic) bond motifs is 1. The summed E-state index contributed by atoms with van der Waals surface area (Å²) in [6.45, 7) is 4.40. The molecule has 1 aliphatic carbocycles. The van der Waals surface area contributed by atoms with Gasteiger partial charge >= 0.3 is 6.01 Å². The predicted octanol–water partition coefficient (Wildman–Crippen LogP) is 2.32. The van der Waals surface area contributed by atoms with E-state index in [1.165, 1.54) is 5.56 Å². The third-order valence-corrected chi connectivity index (χ3v) is 5.16. The van der Waals surface area contributed by atoms with Crippen molar-refractivity contribution < 1.29 is 9.15 Å². The Morgan fingerprint density at radius 3 is 2.96 bits per heavy atom. The highest BCUT2D eigenvalue weighted by Gasteiger charge is 2.23. The van der Waals surface area contributed by atoms with Crippen LogP contribution in [0.15, 0.2) is 41.0 Å². The molecule has 3 aromatic rings. The number of hydrogen-bond acceptors (Lipinski definition) is 8. The van der Waals surface area contributed by atoms with Gasteiger partial charge in [0.15, 0.2) is 5.82 Å². The molecule has 8 nitrogen and oxygen atoms in total. The van der Waals surface area contributed by atoms with Gasteiger partial charge in [0.25, 0.3) is 0 Å². The fourth-order valence-electron chi connectivity index (χ4n) is 3.73. The molecule has 2 N–H and O–H groups in total. The number of aromatic nitrogens is 4. The number of morpholine rings is 1. The first-order valence-corrected chi connectivity index (χ1v) is 9.29. The summed E-state index contributed by atoms with van der Waals surface area (Å²) in [5.74, 6) is 2.05. The summed E-state index contributed by atoms with van der Waals surface area (Å²) in [5, 5.41) is 7.72. The molecule has 0 unspecified atom stereocenters. The zero-order valence-corrected chi connectivity index (χ0v) is 15.5. The fraction of sp³-hybridized carbons (Fsp3) is 0.300. The quantitative estimate of drug-likeness (QED) is 0.743. The highest BCUT2D eigenvalue weighted by molar-refractivity contribution is 5.84. The van der Waals surface area contributed by atoms with Crippen molar-refractivity contribution in [1.82, 2.24) is 20.2 Å². The maximum atomic E-state index is 5.56. The van der Waals surface area contributed by atoms with E-state index in [1.54, 1.807) is 0 Å². The van der Waals surface area contributed by atoms with Crippen LogP contribution in [0.25, 0.3) is 17.0 Å². The van der Waals surface area contributed by atoms with E-state index in [0.29, 0.717) is 19.1 Å². The largest absolute Gasteiger partial charge is 0.404 e. The lowest BCUT2D eigenvalue weighted by molar-refractivity contribution is 0.0985. The number of allylic oxidation sites excluding steroid dienone is 1. The van der Waals surface area contributed by atoms with Gasteiger partial charge in [0.1, 0.15) is 5.82 Å². The van der Waals surface area contributed by atoms with Crippen molar-refractivity contribution in [3.05, 3.63) is 53.5 Å². The molecule has 0 saturated carbocycles. The topological polar surface area (TPSA) is 103 Å². The summed E-state index contributed by atoms with van der Waals surface area (Å²) in [7, 11) is 0. The van der Waals surface area contributed by atoms with Crippen LogP contribution in [-0.4, -0.2) is 46.0 Å². The van der Waals surface area contributed by atoms with Gasteiger partial charge in [0.2, 0.25) is 5.89 Å². The molecule has 142 valence electrons. The minimum atomic E-state index is 0.0573. The number of rotatable bonds is 3. The van der Waals surface area contributed by atoms with Crippen molar-refractivity contribution in [1.29, 1.82) is 0 Å². The SMILES string of the molecule is C[C@H]1COCCN1c1ccnc(C2=CCc3ccc(-c4nnc(N)o4)cc32)n1. The number of nitrogens with zero attached hydrogens (tertiary/aromatic N) is 5. The molecular formula is C20H20N6O2. The molecule has 8 heteroatoms. The van der Waals surface area contributed by atoms with Gasteiger partial charge in [0.05, 0.1) is 19.3 Å². The van der Waals surface area contributed by atoms with Crippen molar-refractivity contribution in [3.8, 4) is 11.5 Å². The lowest BCUT2D eigenvalue weighted by atomic mass is 10.0. The first kappa shape index (κ1) is 16.9. The maximum absolute atomic E-state index is 5.56. The van der Waals surface area contributed by atoms with E-state index in [-0.39, 0.29) is 12.1 Å². The van der Waals surface area contributed by atoms with Crippen LogP contribution in [0.3, 0.4) is 0 Å². The molecule has 2 aliphatic rings. The van der Waals surface area contributed by atoms with E-state index < -0.39 is 0 Å². The van der Waals surface area contributed by atoms with Crippen LogP contribution in [0.2, 0.25) is 0 Å². The first-order valence-electron chi connectivity index (χ1n) is 9.29. The summed E-state index contributed by atoms with van der Waals surface area (Å²) in [6, 6.07) is 8.38. The minimum Gasteiger partial charge on any atom is -0.404 e. The molecule has 5 rings (SSSR count). The lowest BCUT2D eigenvalue weighted by Gasteiger charge is -2.34. The third-order valence-electron chi connectivity index (χ3n) is 5.16. The highest BCUT2D eigenvalue weighted by Crippen LogP contribution is 2.34. The Bertz CT molecular complexity index is 1060. The summed E-state index contributed by atoms with van der Waals surface area (Å²) < 4.78 is 10.9. The van der Waals surface area contributed by atoms with Crippen LogP contribution in [0.1, 0.15) is 23.9 Å². The molecule has 1 fully saturated rings. The van der Waals surface area contributed by atoms with Gasteiger partial charge in [-0.2, -0.15) is 0 Å². The zero-order chi connectivity index (χ0) is 19.1. The van der Waals surface area contributed by atoms with Crippen LogP contribution < -0.4 is 10.6 Å². The average Bonchev–Trinajstić information content (AvgIpc) is 3.34. The van der Waals surface area contributed by atoms with E-state index in [4.69, 9.17) is 19.9 Å². The number of hydrogen-bond donors (Lipinski definition) is 1. The fourth-order valence-corrected chi connectivity index (χ4v) is 3.73. The second-order valence-electron chi connectivity index (χ2n) is 7.00. The number of nitrogens with two attached hydrogens (primary N) is 1. The Kier molecular flexibility index (Phi) is 4.05. The molecule has 3 heterocycles. The monoisotopic (exact) mass is 376 g/mol. The van der Waals surface area contributed by atoms with E-state index in [1.807, 2.05) is 24.4 Å². The van der Waals surface area contributed by atoms with Crippen molar-refractivity contribution >= 4 is 17.4 Å². The molecule has 1 aliphatic heterocycles. The maximum Gasteiger partial charge on any atom is 0.313 e. The van der Waals surface area contributed by atoms with Crippen LogP contribution >= 0.6 is 0 Å². The summed E-state index contributed by atoms with van der Waals surface area (Å²) >= 11 is 0. The van der Waals surface area contributed by atoms with Crippen molar-refractivity contribution in [2.24, 2.45) is 0 Å². The third kappa shape index (κ3) is 2.91. The summed E-state index contributed by atoms with van der Waals surface area (Å²) in [4.78, 5) is 11.7. The van der Waals surface area contributed by atoms with Gasteiger partial charge in [0, 0.05) is 23.9 Å². The van der Waals surface area contributed by atoms with Gasteiger partial charge in [-0.3, -0.25) is 0 Å². The van der Waals surface area contributed by atoms with Gasteiger partial charge in [-0.1, -0.05) is 17.2 Å². The number of benzene rings is 1. The Hall–Kier alpha value is -3.26. The Morgan fingerprint density at radius 1 is 1.21 bits per heavy atom. The van der Waals surface area contributed by atoms with Crippen LogP contribution in [-0.2, 0) is 11.2 Å². The molecule has 28 heavy (non-hydrogen) atoms. The molecule has 2 aromatic heterocycles. The lowest BCUT2D eigenvalue weighted by Crippen LogP contribution is -2.44. The van der Waals surface area contributed by atoms with Crippen LogP contribution in [0.4, 0.5) is 11.8 Å². The Labute approximate surface area is 162 Å². The average molecular weight is 376 g/mol. The second-order valence-corrected chi connectivity index (χ2v) is 7.00. The predicted molar refractivity (Wildman–Crippen MR) is 105 cm³/mol. The van der Waals surface area contributed by atoms with Crippen LogP contribution in [0, 0.1) is 0 Å². The minimum absolute atomic E-state index is 0.0573. The normalized spacial score (nSPS) is 18.8. The highest BCUT2D eigenvalue weighted by atomic mass is 16.5. The van der Waals surface area contributed by atoms with Gasteiger partial charge in [-0.15, -0.1) is 5.10 Å². The molecule has 1 aromatic carbocycles. The zero-order valence-electron chi connectivity index (χ0n) is 15.5. The van der Waals surface area contributed by atoms with Crippen molar-refractivity contribution in [2.45, 2.75) is 19.4 Å². The second kappa shape index (κ2) is 6.72. The molecule has 0 radical (unpaired) electrons. The molecule has 0 amide bonds. The molecular weight excluding hydrogens is 356 g/mol. The van der Waals surface area contributed by atoms with E-state index in [2.05, 4.69) is 39.1 Å². The summed E-state index contributed by atoms with van der Waals surface area (Å²) in [6.07, 6.45) is 4.83. The number of anilines is 2. The van der Waals surface area contributed by atoms with Crippen LogP contribution in [0.5, 0.6) is 0 Å². The smallest absolute Gasteiger partial charge is 0.313 e. The van der Waals surface area contributed by atoms with E-state index in [9.17, 15) is 0 Å². The standard InChI is InChI=1S/C20H20N6O2/c1-12-11-27-9-8-26(12)17-6-7-22-18(23-17)15-5-4-13-2-3-14(10-16(13)15)19-24-25-20(21)28-19/h2-3,5-7,10,12H,4,8-9,11H2,1H3,(H2,21,25)/t12-/m0/s1. The molecule has 1 atom stereocenters. The Balaban J connectivity index is 1.50. The number of ether oxygens (including phenoxy) is 1. The Morgan fingerprint density at radius 2 is 2.14 bits per heavy atom. The first-order chi connectivity index (χ1) is 13.7. The molecule has 0 spiro atoms. The molecule has 1 saturated heterocycles. The van der Waals surface area contributed by atoms with Gasteiger partial charge in [-0.25, -0.2) is 9.97 Å². The van der Waals surface area contributed by atoms with E-state index >= 15 is 0 Å². The van der Waals surface area contributed by atoms with Crippen molar-refractivity contribution in [2.75, 3.05) is 30.4 Å². The number of nitrogen functional groups attached to an aromatic ring is 1. The molecule has 0 bridgehead atoms. The summed E-state index contributed by atoms with van der Waals surface area (Å²) in [5.41, 5.74) is 9.72. The van der Waals surface area contributed by atoms with Gasteiger partial charge < -0.3 is 19.8 Å². The van der Waals surface area contributed by atoms with E-state index in [0.717, 1.165) is 41.3 Å². The van der Waals surface area contributed by atoms with Crippen molar-refractivity contribution in [3.63, 3.8) is 0 Å².